The molecule has 0 N–H and O–H groups in total. The van der Waals surface area contributed by atoms with Gasteiger partial charge in [-0.25, -0.2) is 0 Å². The van der Waals surface area contributed by atoms with E-state index in [1.165, 1.54) is 5.92 Å². The minimum atomic E-state index is 0. The van der Waals surface area contributed by atoms with E-state index >= 15 is 0 Å². The number of halogens is 1. The Morgan fingerprint density at radius 1 is 0.857 bits per heavy atom. The van der Waals surface area contributed by atoms with Crippen LogP contribution in [0.1, 0.15) is 20.8 Å². The van der Waals surface area contributed by atoms with Crippen LogP contribution in [-0.2, 0) is 39.0 Å². The van der Waals surface area contributed by atoms with Gasteiger partial charge in [-0.2, -0.15) is 20.8 Å². The first-order valence-corrected chi connectivity index (χ1v) is 1.50. The van der Waals surface area contributed by atoms with E-state index in [9.17, 15) is 0 Å². The molecule has 0 rings (SSSR count). The summed E-state index contributed by atoms with van der Waals surface area (Å²) in [6.07, 6.45) is 0. The second kappa shape index (κ2) is 15.6. The van der Waals surface area contributed by atoms with Gasteiger partial charge < -0.3 is 5.92 Å². The molecule has 0 aliphatic carbocycles. The van der Waals surface area contributed by atoms with Crippen molar-refractivity contribution in [1.82, 2.24) is 0 Å². The molecular formula is C4H10BrZn2-. The second-order valence-corrected chi connectivity index (χ2v) is 1.50. The Morgan fingerprint density at radius 2 is 0.857 bits per heavy atom. The Labute approximate surface area is 82.1 Å². The Hall–Kier alpha value is 1.73. The summed E-state index contributed by atoms with van der Waals surface area (Å²) in [4.78, 5) is 0. The van der Waals surface area contributed by atoms with Crippen molar-refractivity contribution < 1.29 is 39.0 Å². The Balaban J connectivity index is -0.0000000150. The van der Waals surface area contributed by atoms with Crippen molar-refractivity contribution in [3.8, 4) is 0 Å². The molecule has 0 radical (unpaired) electrons. The van der Waals surface area contributed by atoms with E-state index in [1.54, 1.807) is 0 Å². The molecule has 3 heteroatoms. The van der Waals surface area contributed by atoms with E-state index in [4.69, 9.17) is 0 Å². The zero-order valence-corrected chi connectivity index (χ0v) is 13.0. The maximum atomic E-state index is 2.08. The Bertz CT molecular complexity index is 14.4. The van der Waals surface area contributed by atoms with Crippen LogP contribution in [0, 0.1) is 5.92 Å². The topological polar surface area (TPSA) is 0 Å². The third-order valence-electron chi connectivity index (χ3n) is 0. The van der Waals surface area contributed by atoms with E-state index in [0.29, 0.717) is 0 Å². The van der Waals surface area contributed by atoms with Crippen molar-refractivity contribution in [2.75, 3.05) is 0 Å². The zero-order valence-electron chi connectivity index (χ0n) is 5.32. The molecule has 0 amide bonds. The predicted octanol–water partition coefficient (Wildman–Crippen LogP) is 2.19. The van der Waals surface area contributed by atoms with E-state index in [2.05, 4.69) is 20.8 Å². The standard InChI is InChI=1S/C4H9.BrH.2Zn/c1-4(2)3;;;/h1-3H3;1H;;/q-1;;;. The van der Waals surface area contributed by atoms with Crippen LogP contribution < -0.4 is 0 Å². The Kier molecular flexibility index (Phi) is 52.1. The zero-order chi connectivity index (χ0) is 3.58. The molecule has 0 aromatic rings. The smallest absolute Gasteiger partial charge is 0 e. The third-order valence-corrected chi connectivity index (χ3v) is 0. The van der Waals surface area contributed by atoms with Gasteiger partial charge in [0.1, 0.15) is 0 Å². The molecule has 0 saturated heterocycles. The van der Waals surface area contributed by atoms with E-state index in [0.717, 1.165) is 0 Å². The first-order valence-electron chi connectivity index (χ1n) is 1.50. The molecule has 0 unspecified atom stereocenters. The van der Waals surface area contributed by atoms with Gasteiger partial charge in [-0.15, -0.1) is 17.0 Å². The summed E-state index contributed by atoms with van der Waals surface area (Å²) >= 11 is 0. The maximum absolute atomic E-state index is 2.08. The van der Waals surface area contributed by atoms with Crippen LogP contribution in [0.2, 0.25) is 0 Å². The molecule has 0 nitrogen and oxygen atoms in total. The summed E-state index contributed by atoms with van der Waals surface area (Å²) in [5.74, 6) is 1.42. The first-order chi connectivity index (χ1) is 1.73. The van der Waals surface area contributed by atoms with Gasteiger partial charge in [-0.1, -0.05) is 0 Å². The first kappa shape index (κ1) is 23.3. The molecule has 7 heavy (non-hydrogen) atoms. The van der Waals surface area contributed by atoms with Crippen LogP contribution in [0.4, 0.5) is 0 Å². The molecular weight excluding hydrogens is 259 g/mol. The predicted molar refractivity (Wildman–Crippen MR) is 30.6 cm³/mol. The van der Waals surface area contributed by atoms with Gasteiger partial charge in [0.05, 0.1) is 0 Å². The molecule has 0 spiro atoms. The molecule has 0 bridgehead atoms. The van der Waals surface area contributed by atoms with Crippen molar-refractivity contribution in [2.45, 2.75) is 20.8 Å². The van der Waals surface area contributed by atoms with Gasteiger partial charge in [0.25, 0.3) is 0 Å². The van der Waals surface area contributed by atoms with Crippen LogP contribution in [0.25, 0.3) is 0 Å². The number of hydrogen-bond acceptors (Lipinski definition) is 0. The van der Waals surface area contributed by atoms with Crippen molar-refractivity contribution in [2.24, 2.45) is 0 Å². The third kappa shape index (κ3) is 85.0. The minimum Gasteiger partial charge on any atom is -0.323 e. The van der Waals surface area contributed by atoms with Gasteiger partial charge in [0.2, 0.25) is 0 Å². The number of rotatable bonds is 0. The summed E-state index contributed by atoms with van der Waals surface area (Å²) in [5.41, 5.74) is 0. The largest absolute Gasteiger partial charge is 0.323 e. The summed E-state index contributed by atoms with van der Waals surface area (Å²) in [6.45, 7) is 6.25. The van der Waals surface area contributed by atoms with Crippen molar-refractivity contribution >= 4 is 17.0 Å². The summed E-state index contributed by atoms with van der Waals surface area (Å²) < 4.78 is 0. The van der Waals surface area contributed by atoms with Crippen LogP contribution in [-0.4, -0.2) is 0 Å². The molecule has 0 saturated carbocycles. The summed E-state index contributed by atoms with van der Waals surface area (Å²) in [6, 6.07) is 0. The molecule has 0 fully saturated rings. The Morgan fingerprint density at radius 3 is 0.857 bits per heavy atom. The molecule has 0 aliphatic heterocycles. The van der Waals surface area contributed by atoms with E-state index in [1.807, 2.05) is 0 Å². The average Bonchev–Trinajstić information content (AvgIpc) is 0.811. The van der Waals surface area contributed by atoms with Crippen LogP contribution in [0.15, 0.2) is 0 Å². The van der Waals surface area contributed by atoms with Gasteiger partial charge in [-0.05, 0) is 0 Å². The van der Waals surface area contributed by atoms with Gasteiger partial charge in [-0.3, -0.25) is 0 Å². The van der Waals surface area contributed by atoms with Crippen LogP contribution in [0.3, 0.4) is 0 Å². The fraction of sp³-hybridized carbons (Fsp3) is 0.750. The maximum Gasteiger partial charge on any atom is 0 e. The quantitative estimate of drug-likeness (QED) is 0.467. The van der Waals surface area contributed by atoms with Crippen LogP contribution in [0.5, 0.6) is 0 Å². The molecule has 0 atom stereocenters. The molecule has 0 aromatic carbocycles. The molecule has 0 heterocycles. The van der Waals surface area contributed by atoms with Crippen LogP contribution >= 0.6 is 17.0 Å². The second-order valence-electron chi connectivity index (χ2n) is 1.50. The summed E-state index contributed by atoms with van der Waals surface area (Å²) in [7, 11) is 0. The molecule has 0 aromatic heterocycles. The van der Waals surface area contributed by atoms with Crippen molar-refractivity contribution in [1.29, 1.82) is 0 Å². The van der Waals surface area contributed by atoms with E-state index < -0.39 is 0 Å². The fourth-order valence-electron chi connectivity index (χ4n) is 0. The van der Waals surface area contributed by atoms with Crippen molar-refractivity contribution in [3.05, 3.63) is 5.92 Å². The average molecular weight is 269 g/mol. The normalized spacial score (nSPS) is 5.14. The van der Waals surface area contributed by atoms with Crippen molar-refractivity contribution in [3.63, 3.8) is 0 Å². The molecule has 38 valence electrons. The molecule has 0 aliphatic rings. The summed E-state index contributed by atoms with van der Waals surface area (Å²) in [5, 5.41) is 0. The van der Waals surface area contributed by atoms with Gasteiger partial charge in [0.15, 0.2) is 0 Å². The van der Waals surface area contributed by atoms with E-state index in [-0.39, 0.29) is 55.9 Å². The van der Waals surface area contributed by atoms with Gasteiger partial charge >= 0.3 is 0 Å². The minimum absolute atomic E-state index is 0. The number of hydrogen-bond donors (Lipinski definition) is 0. The van der Waals surface area contributed by atoms with Gasteiger partial charge in [0, 0.05) is 39.0 Å². The SMILES string of the molecule is Br.C[C-](C)C.[Zn].[Zn]. The monoisotopic (exact) mass is 265 g/mol. The fourth-order valence-corrected chi connectivity index (χ4v) is 0.